The Balaban J connectivity index is 0.000000346. The van der Waals surface area contributed by atoms with Gasteiger partial charge in [-0.15, -0.1) is 5.17 Å². The number of nitrogens with two attached hydrogens (primary N) is 1. The van der Waals surface area contributed by atoms with Crippen LogP contribution in [0.4, 0.5) is 0 Å². The minimum atomic E-state index is -4.02. The number of nitrogens with zero attached hydrogens (tertiary/aromatic N) is 2. The molecule has 0 fully saturated rings. The quantitative estimate of drug-likeness (QED) is 0.227. The zero-order valence-corrected chi connectivity index (χ0v) is 17.7. The maximum atomic E-state index is 10.5. The molecule has 164 valence electrons. The lowest BCUT2D eigenvalue weighted by Gasteiger charge is -2.13. The van der Waals surface area contributed by atoms with Gasteiger partial charge in [0.2, 0.25) is 5.96 Å². The first-order chi connectivity index (χ1) is 14.0. The molecule has 0 amide bonds. The molecule has 0 aliphatic rings. The maximum absolute atomic E-state index is 10.5. The fraction of sp³-hybridized carbons (Fsp3) is 0.222. The van der Waals surface area contributed by atoms with Crippen molar-refractivity contribution in [3.8, 4) is 17.2 Å². The summed E-state index contributed by atoms with van der Waals surface area (Å²) in [4.78, 5) is -0.0666. The molecule has 5 N–H and O–H groups in total. The average molecular weight is 440 g/mol. The molecule has 0 aromatic heterocycles. The lowest BCUT2D eigenvalue weighted by Crippen LogP contribution is -2.28. The third-order valence-electron chi connectivity index (χ3n) is 3.58. The Labute approximate surface area is 174 Å². The second-order valence-electron chi connectivity index (χ2n) is 5.65. The molecule has 0 spiro atoms. The van der Waals surface area contributed by atoms with Crippen molar-refractivity contribution in [1.29, 1.82) is 5.41 Å². The van der Waals surface area contributed by atoms with E-state index in [2.05, 4.69) is 5.10 Å². The number of methoxy groups -OCH3 is 3. The van der Waals surface area contributed by atoms with Crippen molar-refractivity contribution in [1.82, 2.24) is 5.17 Å². The summed E-state index contributed by atoms with van der Waals surface area (Å²) >= 11 is 0. The van der Waals surface area contributed by atoms with E-state index in [0.717, 1.165) is 5.56 Å². The van der Waals surface area contributed by atoms with Crippen LogP contribution in [0.5, 0.6) is 17.2 Å². The lowest BCUT2D eigenvalue weighted by atomic mass is 10.2. The van der Waals surface area contributed by atoms with E-state index in [1.165, 1.54) is 39.7 Å². The molecule has 12 heteroatoms. The van der Waals surface area contributed by atoms with Gasteiger partial charge in [-0.2, -0.15) is 13.5 Å². The Morgan fingerprint density at radius 2 is 1.60 bits per heavy atom. The molecule has 0 heterocycles. The molecule has 0 atom stereocenters. The van der Waals surface area contributed by atoms with Crippen LogP contribution in [-0.4, -0.2) is 56.9 Å². The van der Waals surface area contributed by atoms with Crippen molar-refractivity contribution in [2.24, 2.45) is 10.8 Å². The number of rotatable bonds is 6. The molecule has 0 aliphatic carbocycles. The van der Waals surface area contributed by atoms with Gasteiger partial charge in [0, 0.05) is 12.1 Å². The van der Waals surface area contributed by atoms with Crippen LogP contribution in [-0.2, 0) is 10.1 Å². The molecule has 2 aromatic carbocycles. The standard InChI is InChI=1S/C11H16N4O4.C7H8O3S/c1-17-7-4-9(18-2)8(10(5-7)19-3)6-14-15(16)11(12)13;1-6-2-4-7(5-3-6)11(8,9)10/h4-6,16H,1-3H3,(H3,12,13);2-5H,1H3,(H,8,9,10)/b14-6+;. The van der Waals surface area contributed by atoms with Gasteiger partial charge >= 0.3 is 0 Å². The van der Waals surface area contributed by atoms with Crippen LogP contribution in [0.1, 0.15) is 11.1 Å². The molecule has 2 rings (SSSR count). The van der Waals surface area contributed by atoms with Gasteiger partial charge in [0.25, 0.3) is 10.1 Å². The summed E-state index contributed by atoms with van der Waals surface area (Å²) in [6.45, 7) is 1.84. The molecule has 11 nitrogen and oxygen atoms in total. The molecule has 0 radical (unpaired) electrons. The number of nitrogens with one attached hydrogen (secondary N) is 1. The third-order valence-corrected chi connectivity index (χ3v) is 4.45. The second-order valence-corrected chi connectivity index (χ2v) is 7.07. The molecule has 0 saturated heterocycles. The largest absolute Gasteiger partial charge is 0.496 e. The Hall–Kier alpha value is -3.35. The van der Waals surface area contributed by atoms with Crippen molar-refractivity contribution >= 4 is 22.3 Å². The average Bonchev–Trinajstić information content (AvgIpc) is 2.71. The number of hydroxylamine groups is 1. The Morgan fingerprint density at radius 1 is 1.10 bits per heavy atom. The van der Waals surface area contributed by atoms with E-state index < -0.39 is 16.1 Å². The van der Waals surface area contributed by atoms with Gasteiger partial charge in [0.1, 0.15) is 17.2 Å². The summed E-state index contributed by atoms with van der Waals surface area (Å²) in [5.74, 6) is 0.828. The smallest absolute Gasteiger partial charge is 0.294 e. The van der Waals surface area contributed by atoms with Crippen LogP contribution >= 0.6 is 0 Å². The predicted octanol–water partition coefficient (Wildman–Crippen LogP) is 1.87. The van der Waals surface area contributed by atoms with Gasteiger partial charge in [-0.05, 0) is 19.1 Å². The van der Waals surface area contributed by atoms with E-state index in [-0.39, 0.29) is 10.1 Å². The summed E-state index contributed by atoms with van der Waals surface area (Å²) in [6.07, 6.45) is 1.26. The fourth-order valence-electron chi connectivity index (χ4n) is 2.04. The minimum absolute atomic E-state index is 0.0666. The molecular weight excluding hydrogens is 416 g/mol. The molecule has 0 aliphatic heterocycles. The number of aryl methyl sites for hydroxylation is 1. The fourth-order valence-corrected chi connectivity index (χ4v) is 2.52. The van der Waals surface area contributed by atoms with Crippen LogP contribution in [0.15, 0.2) is 46.4 Å². The molecule has 0 unspecified atom stereocenters. The van der Waals surface area contributed by atoms with Crippen LogP contribution in [0.25, 0.3) is 0 Å². The number of hydrogen-bond donors (Lipinski definition) is 4. The van der Waals surface area contributed by atoms with Gasteiger partial charge in [-0.1, -0.05) is 17.7 Å². The number of benzene rings is 2. The van der Waals surface area contributed by atoms with Gasteiger partial charge in [-0.3, -0.25) is 15.2 Å². The highest BCUT2D eigenvalue weighted by Gasteiger charge is 2.12. The van der Waals surface area contributed by atoms with Crippen molar-refractivity contribution < 1.29 is 32.4 Å². The van der Waals surface area contributed by atoms with Crippen LogP contribution in [0.2, 0.25) is 0 Å². The van der Waals surface area contributed by atoms with Crippen LogP contribution < -0.4 is 19.9 Å². The van der Waals surface area contributed by atoms with Crippen molar-refractivity contribution in [3.63, 3.8) is 0 Å². The second kappa shape index (κ2) is 11.0. The maximum Gasteiger partial charge on any atom is 0.294 e. The normalized spacial score (nSPS) is 10.7. The minimum Gasteiger partial charge on any atom is -0.496 e. The topological polar surface area (TPSA) is 168 Å². The van der Waals surface area contributed by atoms with E-state index >= 15 is 0 Å². The Morgan fingerprint density at radius 3 is 1.97 bits per heavy atom. The highest BCUT2D eigenvalue weighted by Crippen LogP contribution is 2.32. The van der Waals surface area contributed by atoms with Crippen LogP contribution in [0, 0.1) is 12.3 Å². The van der Waals surface area contributed by atoms with E-state index in [9.17, 15) is 13.6 Å². The van der Waals surface area contributed by atoms with E-state index in [1.807, 2.05) is 6.92 Å². The third kappa shape index (κ3) is 7.24. The lowest BCUT2D eigenvalue weighted by molar-refractivity contribution is -0.0139. The number of ether oxygens (including phenoxy) is 3. The molecule has 2 aromatic rings. The monoisotopic (exact) mass is 440 g/mol. The van der Waals surface area contributed by atoms with Gasteiger partial charge in [0.05, 0.1) is 38.0 Å². The Kier molecular flexibility index (Phi) is 9.05. The Bertz CT molecular complexity index is 967. The zero-order chi connectivity index (χ0) is 22.9. The first kappa shape index (κ1) is 24.7. The van der Waals surface area contributed by atoms with Crippen LogP contribution in [0.3, 0.4) is 0 Å². The van der Waals surface area contributed by atoms with Crippen molar-refractivity contribution in [2.45, 2.75) is 11.8 Å². The van der Waals surface area contributed by atoms with Gasteiger partial charge < -0.3 is 19.9 Å². The summed E-state index contributed by atoms with van der Waals surface area (Å²) in [7, 11) is 0.460. The molecular formula is C18H24N4O7S. The summed E-state index contributed by atoms with van der Waals surface area (Å²) in [5.41, 5.74) is 6.48. The number of hydrogen-bond acceptors (Lipinski definition) is 8. The number of hydrazone groups is 1. The first-order valence-corrected chi connectivity index (χ1v) is 9.68. The molecule has 0 bridgehead atoms. The summed E-state index contributed by atoms with van der Waals surface area (Å²) < 4.78 is 45.0. The van der Waals surface area contributed by atoms with E-state index in [4.69, 9.17) is 29.9 Å². The van der Waals surface area contributed by atoms with Gasteiger partial charge in [0.15, 0.2) is 0 Å². The molecule has 0 saturated carbocycles. The van der Waals surface area contributed by atoms with Crippen molar-refractivity contribution in [2.75, 3.05) is 21.3 Å². The summed E-state index contributed by atoms with van der Waals surface area (Å²) in [6, 6.07) is 9.26. The predicted molar refractivity (Wildman–Crippen MR) is 110 cm³/mol. The van der Waals surface area contributed by atoms with Crippen molar-refractivity contribution in [3.05, 3.63) is 47.5 Å². The highest BCUT2D eigenvalue weighted by molar-refractivity contribution is 7.85. The van der Waals surface area contributed by atoms with Gasteiger partial charge in [-0.25, -0.2) is 0 Å². The van der Waals surface area contributed by atoms with E-state index in [0.29, 0.717) is 22.8 Å². The van der Waals surface area contributed by atoms with E-state index in [1.54, 1.807) is 24.3 Å². The first-order valence-electron chi connectivity index (χ1n) is 8.24. The molecule has 30 heavy (non-hydrogen) atoms. The highest BCUT2D eigenvalue weighted by atomic mass is 32.2. The number of guanidine groups is 1. The summed E-state index contributed by atoms with van der Waals surface area (Å²) in [5, 5.41) is 20.0. The zero-order valence-electron chi connectivity index (χ0n) is 16.9. The SMILES string of the molecule is COc1cc(OC)c(/C=N/N(O)C(=N)N)c(OC)c1.Cc1ccc(S(=O)(=O)O)cc1.